The number of carbonyl (C=O) groups is 2. The van der Waals surface area contributed by atoms with Crippen molar-refractivity contribution in [2.75, 3.05) is 11.6 Å². The lowest BCUT2D eigenvalue weighted by atomic mass is 10.2. The van der Waals surface area contributed by atoms with Crippen molar-refractivity contribution >= 4 is 39.0 Å². The van der Waals surface area contributed by atoms with Crippen LogP contribution in [0.4, 0.5) is 5.69 Å². The molecule has 1 amide bonds. The Bertz CT molecular complexity index is 1230. The van der Waals surface area contributed by atoms with Gasteiger partial charge in [-0.15, -0.1) is 0 Å². The lowest BCUT2D eigenvalue weighted by Crippen LogP contribution is -2.30. The monoisotopic (exact) mass is 473 g/mol. The Balaban J connectivity index is 1.62. The van der Waals surface area contributed by atoms with Crippen molar-refractivity contribution in [2.45, 2.75) is 17.9 Å². The molecule has 0 spiro atoms. The molecule has 0 aliphatic heterocycles. The number of hydrogen-bond donors (Lipinski definition) is 1. The summed E-state index contributed by atoms with van der Waals surface area (Å²) in [5.74, 6) is -0.197. The largest absolute Gasteiger partial charge is 0.457 e. The molecule has 1 N–H and O–H groups in total. The minimum Gasteiger partial charge on any atom is -0.457 e. The van der Waals surface area contributed by atoms with Crippen LogP contribution in [0.1, 0.15) is 17.3 Å². The maximum Gasteiger partial charge on any atom is 0.340 e. The number of hydrogen-bond acceptors (Lipinski definition) is 6. The number of anilines is 1. The van der Waals surface area contributed by atoms with Gasteiger partial charge in [-0.2, -0.15) is 0 Å². The first-order chi connectivity index (χ1) is 15.1. The van der Waals surface area contributed by atoms with Gasteiger partial charge in [-0.05, 0) is 61.5 Å². The van der Waals surface area contributed by atoms with E-state index in [1.54, 1.807) is 24.3 Å². The summed E-state index contributed by atoms with van der Waals surface area (Å²) in [6, 6.07) is 19.6. The van der Waals surface area contributed by atoms with Gasteiger partial charge in [-0.1, -0.05) is 29.8 Å². The third kappa shape index (κ3) is 6.09. The highest BCUT2D eigenvalue weighted by atomic mass is 35.5. The summed E-state index contributed by atoms with van der Waals surface area (Å²) in [7, 11) is -3.54. The van der Waals surface area contributed by atoms with Gasteiger partial charge in [-0.25, -0.2) is 13.2 Å². The minimum absolute atomic E-state index is 0.0176. The van der Waals surface area contributed by atoms with Crippen molar-refractivity contribution in [3.63, 3.8) is 0 Å². The van der Waals surface area contributed by atoms with Crippen molar-refractivity contribution < 1.29 is 27.5 Å². The van der Waals surface area contributed by atoms with E-state index in [1.807, 2.05) is 30.3 Å². The molecule has 7 nitrogen and oxygen atoms in total. The maximum atomic E-state index is 12.4. The van der Waals surface area contributed by atoms with Crippen molar-refractivity contribution in [1.29, 1.82) is 0 Å². The average molecular weight is 474 g/mol. The number of para-hydroxylation sites is 1. The predicted octanol–water partition coefficient (Wildman–Crippen LogP) is 4.72. The van der Waals surface area contributed by atoms with Crippen LogP contribution in [-0.4, -0.2) is 32.7 Å². The topological polar surface area (TPSA) is 98.8 Å². The van der Waals surface area contributed by atoms with Crippen LogP contribution in [0.5, 0.6) is 11.5 Å². The molecule has 0 heterocycles. The van der Waals surface area contributed by atoms with E-state index >= 15 is 0 Å². The second kappa shape index (κ2) is 9.84. The summed E-state index contributed by atoms with van der Waals surface area (Å²) < 4.78 is 34.3. The van der Waals surface area contributed by atoms with Gasteiger partial charge in [0.15, 0.2) is 15.9 Å². The van der Waals surface area contributed by atoms with Crippen molar-refractivity contribution in [3.05, 3.63) is 83.4 Å². The normalized spacial score (nSPS) is 12.0. The van der Waals surface area contributed by atoms with Crippen LogP contribution < -0.4 is 10.1 Å². The molecule has 0 radical (unpaired) electrons. The van der Waals surface area contributed by atoms with E-state index in [2.05, 4.69) is 5.32 Å². The molecule has 3 aromatic rings. The van der Waals surface area contributed by atoms with Crippen LogP contribution in [-0.2, 0) is 19.4 Å². The Hall–Kier alpha value is -3.36. The number of sulfone groups is 1. The Morgan fingerprint density at radius 1 is 0.938 bits per heavy atom. The van der Waals surface area contributed by atoms with Gasteiger partial charge in [-0.3, -0.25) is 4.79 Å². The summed E-state index contributed by atoms with van der Waals surface area (Å²) in [5.41, 5.74) is 0.340. The highest BCUT2D eigenvalue weighted by Gasteiger charge is 2.22. The molecule has 0 aliphatic carbocycles. The first kappa shape index (κ1) is 23.3. The summed E-state index contributed by atoms with van der Waals surface area (Å²) in [5, 5.41) is 2.66. The molecule has 9 heteroatoms. The third-order valence-corrected chi connectivity index (χ3v) is 5.78. The summed E-state index contributed by atoms with van der Waals surface area (Å²) in [4.78, 5) is 24.8. The quantitative estimate of drug-likeness (QED) is 0.498. The first-order valence-corrected chi connectivity index (χ1v) is 11.7. The van der Waals surface area contributed by atoms with E-state index in [9.17, 15) is 18.0 Å². The molecule has 1 atom stereocenters. The van der Waals surface area contributed by atoms with Gasteiger partial charge in [0.25, 0.3) is 5.91 Å². The molecule has 0 aromatic heterocycles. The molecular weight excluding hydrogens is 454 g/mol. The highest BCUT2D eigenvalue weighted by Crippen LogP contribution is 2.24. The molecule has 0 saturated carbocycles. The Labute approximate surface area is 190 Å². The number of nitrogens with one attached hydrogen (secondary N) is 1. The van der Waals surface area contributed by atoms with E-state index in [0.29, 0.717) is 17.2 Å². The lowest BCUT2D eigenvalue weighted by molar-refractivity contribution is -0.123. The predicted molar refractivity (Wildman–Crippen MR) is 121 cm³/mol. The SMILES string of the molecule is C[C@@H](OC(=O)c1cc(S(C)(=O)=O)ccc1Cl)C(=O)Nc1ccc(Oc2ccccc2)cc1. The van der Waals surface area contributed by atoms with Crippen LogP contribution >= 0.6 is 11.6 Å². The third-order valence-electron chi connectivity index (χ3n) is 4.34. The lowest BCUT2D eigenvalue weighted by Gasteiger charge is -2.15. The number of carbonyl (C=O) groups excluding carboxylic acids is 2. The fourth-order valence-corrected chi connectivity index (χ4v) is 3.49. The molecule has 3 rings (SSSR count). The van der Waals surface area contributed by atoms with E-state index in [0.717, 1.165) is 12.3 Å². The van der Waals surface area contributed by atoms with Crippen LogP contribution in [0.25, 0.3) is 0 Å². The second-order valence-corrected chi connectivity index (χ2v) is 9.31. The fourth-order valence-electron chi connectivity index (χ4n) is 2.64. The van der Waals surface area contributed by atoms with Gasteiger partial charge in [0.05, 0.1) is 15.5 Å². The van der Waals surface area contributed by atoms with E-state index in [-0.39, 0.29) is 15.5 Å². The number of ether oxygens (including phenoxy) is 2. The fraction of sp³-hybridized carbons (Fsp3) is 0.130. The second-order valence-electron chi connectivity index (χ2n) is 6.89. The molecule has 166 valence electrons. The number of amides is 1. The number of halogens is 1. The van der Waals surface area contributed by atoms with E-state index in [1.165, 1.54) is 19.1 Å². The summed E-state index contributed by atoms with van der Waals surface area (Å²) in [6.07, 6.45) is -0.141. The molecule has 32 heavy (non-hydrogen) atoms. The van der Waals surface area contributed by atoms with E-state index in [4.69, 9.17) is 21.1 Å². The first-order valence-electron chi connectivity index (χ1n) is 9.48. The van der Waals surface area contributed by atoms with Crippen molar-refractivity contribution in [3.8, 4) is 11.5 Å². The smallest absolute Gasteiger partial charge is 0.340 e. The number of esters is 1. The van der Waals surface area contributed by atoms with Gasteiger partial charge in [0.2, 0.25) is 0 Å². The van der Waals surface area contributed by atoms with Gasteiger partial charge >= 0.3 is 5.97 Å². The zero-order valence-corrected chi connectivity index (χ0v) is 18.8. The average Bonchev–Trinajstić information content (AvgIpc) is 2.75. The highest BCUT2D eigenvalue weighted by molar-refractivity contribution is 7.90. The van der Waals surface area contributed by atoms with Gasteiger partial charge in [0, 0.05) is 11.9 Å². The zero-order chi connectivity index (χ0) is 23.3. The Morgan fingerprint density at radius 3 is 2.19 bits per heavy atom. The summed E-state index contributed by atoms with van der Waals surface area (Å²) >= 11 is 6.00. The molecule has 0 saturated heterocycles. The van der Waals surface area contributed by atoms with Crippen LogP contribution in [0.15, 0.2) is 77.7 Å². The van der Waals surface area contributed by atoms with Crippen LogP contribution in [0.3, 0.4) is 0 Å². The van der Waals surface area contributed by atoms with Crippen molar-refractivity contribution in [1.82, 2.24) is 0 Å². The standard InChI is InChI=1S/C23H20ClNO6S/c1-15(30-23(27)20-14-19(32(2,28)29)12-13-21(20)24)22(26)25-16-8-10-18(11-9-16)31-17-6-4-3-5-7-17/h3-15H,1-2H3,(H,25,26)/t15-/m1/s1. The summed E-state index contributed by atoms with van der Waals surface area (Å²) in [6.45, 7) is 1.40. The van der Waals surface area contributed by atoms with Crippen LogP contribution in [0, 0.1) is 0 Å². The minimum atomic E-state index is -3.54. The van der Waals surface area contributed by atoms with Gasteiger partial charge in [0.1, 0.15) is 11.5 Å². The molecule has 0 bridgehead atoms. The van der Waals surface area contributed by atoms with Crippen LogP contribution in [0.2, 0.25) is 5.02 Å². The molecule has 0 fully saturated rings. The zero-order valence-electron chi connectivity index (χ0n) is 17.2. The van der Waals surface area contributed by atoms with E-state index < -0.39 is 27.8 Å². The molecule has 0 unspecified atom stereocenters. The molecular formula is C23H20ClNO6S. The Morgan fingerprint density at radius 2 is 1.56 bits per heavy atom. The number of benzene rings is 3. The Kier molecular flexibility index (Phi) is 7.17. The number of rotatable bonds is 7. The molecule has 3 aromatic carbocycles. The van der Waals surface area contributed by atoms with Crippen molar-refractivity contribution in [2.24, 2.45) is 0 Å². The van der Waals surface area contributed by atoms with Gasteiger partial charge < -0.3 is 14.8 Å². The molecule has 0 aliphatic rings. The maximum absolute atomic E-state index is 12.4.